The molecule has 3 aliphatic carbocycles. The predicted molar refractivity (Wildman–Crippen MR) is 121 cm³/mol. The van der Waals surface area contributed by atoms with Crippen molar-refractivity contribution in [2.75, 3.05) is 13.2 Å². The Hall–Kier alpha value is -0.383. The second-order valence-electron chi connectivity index (χ2n) is 11.9. The van der Waals surface area contributed by atoms with Gasteiger partial charge in [0.25, 0.3) is 0 Å². The third-order valence-electron chi connectivity index (χ3n) is 8.92. The molecule has 0 radical (unpaired) electrons. The zero-order valence-electron chi connectivity index (χ0n) is 19.9. The summed E-state index contributed by atoms with van der Waals surface area (Å²) < 4.78 is 19.0. The minimum Gasteiger partial charge on any atom is -0.401 e. The molecule has 0 aromatic carbocycles. The van der Waals surface area contributed by atoms with E-state index in [0.29, 0.717) is 31.0 Å². The fourth-order valence-electron chi connectivity index (χ4n) is 6.02. The largest absolute Gasteiger partial charge is 0.401 e. The summed E-state index contributed by atoms with van der Waals surface area (Å²) >= 11 is 0. The maximum absolute atomic E-state index is 10.8. The van der Waals surface area contributed by atoms with Crippen molar-refractivity contribution >= 4 is 8.32 Å². The monoisotopic (exact) mass is 434 g/mol. The van der Waals surface area contributed by atoms with Gasteiger partial charge in [-0.25, -0.2) is 0 Å². The van der Waals surface area contributed by atoms with Gasteiger partial charge < -0.3 is 19.0 Å². The maximum atomic E-state index is 10.8. The van der Waals surface area contributed by atoms with Crippen LogP contribution in [0.4, 0.5) is 0 Å². The Morgan fingerprint density at radius 3 is 2.23 bits per heavy atom. The average Bonchev–Trinajstić information content (AvgIpc) is 3.32. The Morgan fingerprint density at radius 2 is 1.63 bits per heavy atom. The first-order chi connectivity index (χ1) is 14.0. The number of aliphatic hydroxyl groups excluding tert-OH is 1. The number of aliphatic hydroxyl groups is 1. The van der Waals surface area contributed by atoms with E-state index >= 15 is 0 Å². The first-order valence-corrected chi connectivity index (χ1v) is 15.1. The third-order valence-corrected chi connectivity index (χ3v) is 13.5. The van der Waals surface area contributed by atoms with Crippen molar-refractivity contribution in [1.29, 1.82) is 0 Å². The molecule has 3 saturated carbocycles. The highest BCUT2D eigenvalue weighted by atomic mass is 28.4. The van der Waals surface area contributed by atoms with Crippen LogP contribution < -0.4 is 0 Å². The van der Waals surface area contributed by atoms with Crippen molar-refractivity contribution in [3.63, 3.8) is 0 Å². The summed E-state index contributed by atoms with van der Waals surface area (Å²) in [7, 11) is -1.96. The van der Waals surface area contributed by atoms with E-state index in [-0.39, 0.29) is 22.8 Å². The Balaban J connectivity index is 1.57. The average molecular weight is 435 g/mol. The molecule has 5 atom stereocenters. The molecule has 0 amide bonds. The number of rotatable bonds is 3. The van der Waals surface area contributed by atoms with Gasteiger partial charge in [0.15, 0.2) is 14.1 Å². The summed E-state index contributed by atoms with van der Waals surface area (Å²) in [5, 5.41) is 11.0. The van der Waals surface area contributed by atoms with Gasteiger partial charge in [-0.15, -0.1) is 0 Å². The summed E-state index contributed by atoms with van der Waals surface area (Å²) in [5.74, 6) is 8.11. The Kier molecular flexibility index (Phi) is 5.99. The molecule has 1 heterocycles. The summed E-state index contributed by atoms with van der Waals surface area (Å²) in [6.45, 7) is 15.2. The molecule has 4 aliphatic rings. The fraction of sp³-hybridized carbons (Fsp3) is 0.920. The number of hydrogen-bond acceptors (Lipinski definition) is 4. The molecule has 4 fully saturated rings. The Bertz CT molecular complexity index is 690. The van der Waals surface area contributed by atoms with Gasteiger partial charge in [-0.2, -0.15) is 0 Å². The number of hydrogen-bond donors (Lipinski definition) is 1. The van der Waals surface area contributed by atoms with Crippen LogP contribution in [-0.4, -0.2) is 44.1 Å². The lowest BCUT2D eigenvalue weighted by molar-refractivity contribution is -0.296. The van der Waals surface area contributed by atoms with E-state index in [1.807, 2.05) is 0 Å². The molecule has 0 aromatic heterocycles. The molecule has 0 bridgehead atoms. The molecule has 1 N–H and O–H groups in total. The first kappa shape index (κ1) is 22.8. The summed E-state index contributed by atoms with van der Waals surface area (Å²) in [6, 6.07) is 0. The molecule has 30 heavy (non-hydrogen) atoms. The minimum atomic E-state index is -1.96. The second-order valence-corrected chi connectivity index (χ2v) is 16.6. The summed E-state index contributed by atoms with van der Waals surface area (Å²) in [5.41, 5.74) is -0.423. The lowest BCUT2D eigenvalue weighted by atomic mass is 9.56. The van der Waals surface area contributed by atoms with Gasteiger partial charge in [-0.05, 0) is 62.6 Å². The van der Waals surface area contributed by atoms with Crippen LogP contribution >= 0.6 is 0 Å². The maximum Gasteiger partial charge on any atom is 0.194 e. The van der Waals surface area contributed by atoms with E-state index in [4.69, 9.17) is 13.9 Å². The molecule has 0 aromatic rings. The Morgan fingerprint density at radius 1 is 1.00 bits per heavy atom. The van der Waals surface area contributed by atoms with E-state index in [1.165, 1.54) is 25.7 Å². The van der Waals surface area contributed by atoms with Crippen LogP contribution in [0.3, 0.4) is 0 Å². The van der Waals surface area contributed by atoms with Gasteiger partial charge in [0.1, 0.15) is 5.60 Å². The van der Waals surface area contributed by atoms with Crippen molar-refractivity contribution < 1.29 is 19.0 Å². The van der Waals surface area contributed by atoms with Gasteiger partial charge in [0, 0.05) is 18.3 Å². The quantitative estimate of drug-likeness (QED) is 0.495. The smallest absolute Gasteiger partial charge is 0.194 e. The van der Waals surface area contributed by atoms with Crippen LogP contribution in [0, 0.1) is 35.5 Å². The van der Waals surface area contributed by atoms with Crippen molar-refractivity contribution in [3.8, 4) is 11.8 Å². The molecule has 5 heteroatoms. The highest BCUT2D eigenvalue weighted by molar-refractivity contribution is 6.74. The first-order valence-electron chi connectivity index (χ1n) is 12.2. The topological polar surface area (TPSA) is 47.9 Å². The van der Waals surface area contributed by atoms with Gasteiger partial charge in [0.2, 0.25) is 0 Å². The second kappa shape index (κ2) is 7.88. The minimum absolute atomic E-state index is 0.00548. The fourth-order valence-corrected chi connectivity index (χ4v) is 7.60. The zero-order valence-corrected chi connectivity index (χ0v) is 20.9. The van der Waals surface area contributed by atoms with Crippen molar-refractivity contribution in [2.24, 2.45) is 23.7 Å². The predicted octanol–water partition coefficient (Wildman–Crippen LogP) is 5.11. The van der Waals surface area contributed by atoms with E-state index in [9.17, 15) is 5.11 Å². The van der Waals surface area contributed by atoms with Crippen LogP contribution in [0.5, 0.6) is 0 Å². The summed E-state index contributed by atoms with van der Waals surface area (Å²) in [6.07, 6.45) is 7.24. The number of ether oxygens (including phenoxy) is 2. The number of fused-ring (bicyclic) bond motifs is 2. The van der Waals surface area contributed by atoms with E-state index < -0.39 is 13.9 Å². The third kappa shape index (κ3) is 3.92. The van der Waals surface area contributed by atoms with E-state index in [1.54, 1.807) is 0 Å². The van der Waals surface area contributed by atoms with Gasteiger partial charge >= 0.3 is 0 Å². The molecular formula is C25H42O4Si. The molecule has 4 rings (SSSR count). The lowest BCUT2D eigenvalue weighted by Crippen LogP contribution is -2.60. The van der Waals surface area contributed by atoms with Crippen molar-refractivity contribution in [2.45, 2.75) is 108 Å². The zero-order chi connectivity index (χ0) is 21.8. The van der Waals surface area contributed by atoms with Crippen LogP contribution in [0.25, 0.3) is 0 Å². The molecule has 170 valence electrons. The Labute approximate surface area is 184 Å². The normalized spacial score (nSPS) is 36.0. The SMILES string of the molecule is CC(C)(C)[Si](C)(C)O[C@](C)(C#C[C@@H]1[C@H]2CC3(OCCO3)[C@H]2CC[C@H]1O)C1CCCC1. The molecule has 0 unspecified atom stereocenters. The summed E-state index contributed by atoms with van der Waals surface area (Å²) in [4.78, 5) is 0. The van der Waals surface area contributed by atoms with Crippen LogP contribution in [0.15, 0.2) is 0 Å². The highest BCUT2D eigenvalue weighted by Crippen LogP contribution is 2.58. The molecule has 1 saturated heterocycles. The van der Waals surface area contributed by atoms with E-state index in [0.717, 1.165) is 19.3 Å². The van der Waals surface area contributed by atoms with Crippen LogP contribution in [0.2, 0.25) is 18.1 Å². The molecule has 1 aliphatic heterocycles. The molecule has 1 spiro atoms. The highest BCUT2D eigenvalue weighted by Gasteiger charge is 2.62. The van der Waals surface area contributed by atoms with Crippen LogP contribution in [0.1, 0.15) is 72.6 Å². The van der Waals surface area contributed by atoms with Crippen molar-refractivity contribution in [1.82, 2.24) is 0 Å². The molecule has 4 nitrogen and oxygen atoms in total. The van der Waals surface area contributed by atoms with Gasteiger partial charge in [-0.1, -0.05) is 45.5 Å². The van der Waals surface area contributed by atoms with Crippen molar-refractivity contribution in [3.05, 3.63) is 0 Å². The van der Waals surface area contributed by atoms with Gasteiger partial charge in [0.05, 0.1) is 19.3 Å². The standard InChI is InChI=1S/C25H42O4Si/c1-23(2,3)30(5,6)29-24(4,18-9-7-8-10-18)14-13-19-20-17-25(27-15-16-28-25)21(20)11-12-22(19)26/h18-22,26H,7-12,15-17H2,1-6H3/t19-,20-,21+,22-,24-/m1/s1. The molecular weight excluding hydrogens is 392 g/mol. The van der Waals surface area contributed by atoms with Crippen LogP contribution in [-0.2, 0) is 13.9 Å². The van der Waals surface area contributed by atoms with E-state index in [2.05, 4.69) is 52.6 Å². The lowest BCUT2D eigenvalue weighted by Gasteiger charge is -2.56. The van der Waals surface area contributed by atoms with Gasteiger partial charge in [-0.3, -0.25) is 0 Å².